The minimum atomic E-state index is -4.35. The third-order valence-corrected chi connectivity index (χ3v) is 7.47. The van der Waals surface area contributed by atoms with Crippen molar-refractivity contribution in [3.8, 4) is 5.75 Å². The summed E-state index contributed by atoms with van der Waals surface area (Å²) in [4.78, 5) is 21.0. The summed E-state index contributed by atoms with van der Waals surface area (Å²) in [6.45, 7) is 2.94. The Balaban J connectivity index is 0.000000568. The van der Waals surface area contributed by atoms with Gasteiger partial charge in [-0.15, -0.1) is 11.8 Å². The number of halogens is 4. The number of aliphatic carboxylic acids is 2. The second-order valence-corrected chi connectivity index (χ2v) is 9.84. The van der Waals surface area contributed by atoms with Gasteiger partial charge >= 0.3 is 18.1 Å². The van der Waals surface area contributed by atoms with E-state index >= 15 is 0 Å². The molecule has 1 saturated heterocycles. The van der Waals surface area contributed by atoms with E-state index in [9.17, 15) is 17.6 Å². The van der Waals surface area contributed by atoms with E-state index in [1.165, 1.54) is 18.2 Å². The van der Waals surface area contributed by atoms with Gasteiger partial charge in [0.25, 0.3) is 0 Å². The van der Waals surface area contributed by atoms with Crippen LogP contribution in [-0.2, 0) is 9.59 Å². The molecule has 3 heterocycles. The van der Waals surface area contributed by atoms with Gasteiger partial charge in [0.05, 0.1) is 4.91 Å². The molecule has 3 aliphatic heterocycles. The highest BCUT2D eigenvalue weighted by Crippen LogP contribution is 2.50. The van der Waals surface area contributed by atoms with Crippen LogP contribution in [0.3, 0.4) is 0 Å². The van der Waals surface area contributed by atoms with Crippen LogP contribution in [0.25, 0.3) is 5.57 Å². The average Bonchev–Trinajstić information content (AvgIpc) is 2.84. The molecule has 202 valence electrons. The topological polar surface area (TPSA) is 107 Å². The largest absolute Gasteiger partial charge is 0.473 e. The maximum atomic E-state index is 13.7. The smallest absolute Gasteiger partial charge is 0.414 e. The standard InChI is InChI=1S/C23H25F4NO2S.C2H2O4/c24-16-3-4-17-18(2-1-10-28-11-7-15(8-12-28)9-13-29)22-19(30-20(17)14-16)5-6-21(31-22)23(25,26)27;3-1(4)2(5)6/h2-6,14-15,21,29H,1,7-13H2;(H,3,4)(H,5,6). The molecule has 0 radical (unpaired) electrons. The van der Waals surface area contributed by atoms with Crippen molar-refractivity contribution in [2.75, 3.05) is 26.2 Å². The molecule has 0 amide bonds. The van der Waals surface area contributed by atoms with Gasteiger partial charge in [-0.2, -0.15) is 13.2 Å². The van der Waals surface area contributed by atoms with Crippen LogP contribution in [0, 0.1) is 11.7 Å². The number of carboxylic acids is 2. The Morgan fingerprint density at radius 2 is 1.84 bits per heavy atom. The van der Waals surface area contributed by atoms with Crippen molar-refractivity contribution in [1.82, 2.24) is 4.90 Å². The number of likely N-dealkylation sites (tertiary alicyclic amines) is 1. The van der Waals surface area contributed by atoms with Crippen molar-refractivity contribution >= 4 is 29.3 Å². The van der Waals surface area contributed by atoms with Crippen LogP contribution < -0.4 is 4.74 Å². The average molecular weight is 546 g/mol. The molecule has 0 spiro atoms. The number of piperidine rings is 1. The molecular weight excluding hydrogens is 518 g/mol. The van der Waals surface area contributed by atoms with Crippen molar-refractivity contribution in [3.05, 3.63) is 58.5 Å². The number of ether oxygens (including phenoxy) is 1. The number of hydrogen-bond donors (Lipinski definition) is 3. The lowest BCUT2D eigenvalue weighted by Gasteiger charge is -2.32. The van der Waals surface area contributed by atoms with Crippen molar-refractivity contribution < 1.29 is 47.2 Å². The minimum Gasteiger partial charge on any atom is -0.473 e. The number of fused-ring (bicyclic) bond motifs is 1. The number of carboxylic acid groups (broad SMARTS) is 2. The summed E-state index contributed by atoms with van der Waals surface area (Å²) >= 11 is 0.734. The quantitative estimate of drug-likeness (QED) is 0.362. The molecule has 4 rings (SSSR count). The second kappa shape index (κ2) is 12.6. The van der Waals surface area contributed by atoms with Gasteiger partial charge in [0.1, 0.15) is 22.6 Å². The maximum absolute atomic E-state index is 13.7. The first-order valence-corrected chi connectivity index (χ1v) is 12.5. The molecule has 1 unspecified atom stereocenters. The Bertz CT molecular complexity index is 1080. The van der Waals surface area contributed by atoms with Crippen LogP contribution in [0.15, 0.2) is 47.1 Å². The highest BCUT2D eigenvalue weighted by atomic mass is 32.2. The van der Waals surface area contributed by atoms with Crippen LogP contribution in [0.2, 0.25) is 0 Å². The van der Waals surface area contributed by atoms with Gasteiger partial charge in [-0.3, -0.25) is 0 Å². The van der Waals surface area contributed by atoms with Crippen molar-refractivity contribution in [1.29, 1.82) is 0 Å². The second-order valence-electron chi connectivity index (χ2n) is 8.69. The monoisotopic (exact) mass is 545 g/mol. The maximum Gasteiger partial charge on any atom is 0.414 e. The molecule has 0 saturated carbocycles. The Morgan fingerprint density at radius 1 is 1.16 bits per heavy atom. The molecule has 3 N–H and O–H groups in total. The number of hydrogen-bond acceptors (Lipinski definition) is 6. The number of alkyl halides is 3. The van der Waals surface area contributed by atoms with Crippen molar-refractivity contribution in [2.45, 2.75) is 37.1 Å². The summed E-state index contributed by atoms with van der Waals surface area (Å²) in [5.41, 5.74) is 1.29. The molecule has 12 heteroatoms. The van der Waals surface area contributed by atoms with E-state index < -0.39 is 29.2 Å². The number of nitrogens with zero attached hydrogens (tertiary/aromatic N) is 1. The first-order valence-electron chi connectivity index (χ1n) is 11.6. The SMILES string of the molecule is O=C(O)C(=O)O.OCCC1CCN(CCC=C2C3=C(C=CC(C(F)(F)F)S3)Oc3cc(F)ccc32)CC1. The van der Waals surface area contributed by atoms with E-state index in [4.69, 9.17) is 29.6 Å². The van der Waals surface area contributed by atoms with Crippen LogP contribution in [0.1, 0.15) is 31.2 Å². The number of allylic oxidation sites excluding steroid dienone is 2. The van der Waals surface area contributed by atoms with Crippen LogP contribution >= 0.6 is 11.8 Å². The van der Waals surface area contributed by atoms with Gasteiger partial charge in [-0.1, -0.05) is 12.2 Å². The zero-order valence-corrected chi connectivity index (χ0v) is 20.5. The molecule has 37 heavy (non-hydrogen) atoms. The molecule has 0 aromatic heterocycles. The van der Waals surface area contributed by atoms with E-state index in [0.717, 1.165) is 56.7 Å². The van der Waals surface area contributed by atoms with E-state index in [-0.39, 0.29) is 6.61 Å². The number of aliphatic hydroxyl groups is 1. The fraction of sp³-hybridized carbons (Fsp3) is 0.440. The Labute approximate surface area is 215 Å². The van der Waals surface area contributed by atoms with Crippen molar-refractivity contribution in [2.24, 2.45) is 5.92 Å². The molecule has 7 nitrogen and oxygen atoms in total. The fourth-order valence-corrected chi connectivity index (χ4v) is 5.34. The first-order chi connectivity index (χ1) is 17.5. The normalized spacial score (nSPS) is 21.0. The third-order valence-electron chi connectivity index (χ3n) is 6.13. The Kier molecular flexibility index (Phi) is 9.80. The van der Waals surface area contributed by atoms with Gasteiger partial charge in [0.2, 0.25) is 0 Å². The minimum absolute atomic E-state index is 0.224. The van der Waals surface area contributed by atoms with Gasteiger partial charge in [0, 0.05) is 24.8 Å². The summed E-state index contributed by atoms with van der Waals surface area (Å²) in [5.74, 6) is -2.88. The lowest BCUT2D eigenvalue weighted by Crippen LogP contribution is -2.34. The molecule has 1 aromatic rings. The number of carbonyl (C=O) groups is 2. The summed E-state index contributed by atoms with van der Waals surface area (Å²) in [5, 5.41) is 22.2. The van der Waals surface area contributed by atoms with Crippen LogP contribution in [0.4, 0.5) is 17.6 Å². The van der Waals surface area contributed by atoms with Gasteiger partial charge < -0.3 is 25.0 Å². The zero-order chi connectivity index (χ0) is 27.2. The van der Waals surface area contributed by atoms with Crippen LogP contribution in [-0.4, -0.2) is 69.8 Å². The molecule has 1 atom stereocenters. The summed E-state index contributed by atoms with van der Waals surface area (Å²) in [6, 6.07) is 4.15. The van der Waals surface area contributed by atoms with Gasteiger partial charge in [-0.05, 0) is 68.5 Å². The Morgan fingerprint density at radius 3 is 2.43 bits per heavy atom. The highest BCUT2D eigenvalue weighted by molar-refractivity contribution is 8.04. The summed E-state index contributed by atoms with van der Waals surface area (Å²) in [6.07, 6.45) is 3.65. The highest BCUT2D eigenvalue weighted by Gasteiger charge is 2.42. The third kappa shape index (κ3) is 7.83. The summed E-state index contributed by atoms with van der Waals surface area (Å²) < 4.78 is 59.5. The lowest BCUT2D eigenvalue weighted by molar-refractivity contribution is -0.159. The van der Waals surface area contributed by atoms with E-state index in [2.05, 4.69) is 4.90 Å². The van der Waals surface area contributed by atoms with E-state index in [0.29, 0.717) is 39.9 Å². The van der Waals surface area contributed by atoms with Gasteiger partial charge in [0.15, 0.2) is 0 Å². The number of aliphatic hydroxyl groups excluding tert-OH is 1. The number of benzene rings is 1. The summed E-state index contributed by atoms with van der Waals surface area (Å²) in [7, 11) is 0. The predicted molar refractivity (Wildman–Crippen MR) is 129 cm³/mol. The molecule has 0 bridgehead atoms. The van der Waals surface area contributed by atoms with E-state index in [1.807, 2.05) is 6.08 Å². The lowest BCUT2D eigenvalue weighted by atomic mass is 9.94. The molecule has 3 aliphatic rings. The zero-order valence-electron chi connectivity index (χ0n) is 19.7. The first kappa shape index (κ1) is 28.7. The number of thioether (sulfide) groups is 1. The number of rotatable bonds is 5. The van der Waals surface area contributed by atoms with Crippen LogP contribution in [0.5, 0.6) is 5.75 Å². The van der Waals surface area contributed by atoms with Gasteiger partial charge in [-0.25, -0.2) is 14.0 Å². The predicted octanol–water partition coefficient (Wildman–Crippen LogP) is 4.69. The molecule has 1 aromatic carbocycles. The van der Waals surface area contributed by atoms with Crippen molar-refractivity contribution in [3.63, 3.8) is 0 Å². The Hall–Kier alpha value is -2.83. The fourth-order valence-electron chi connectivity index (χ4n) is 4.25. The molecule has 0 aliphatic carbocycles. The molecule has 1 fully saturated rings. The molecular formula is C25H27F4NO6S. The van der Waals surface area contributed by atoms with E-state index in [1.54, 1.807) is 6.07 Å².